The molecule has 5 heteroatoms. The fourth-order valence-electron chi connectivity index (χ4n) is 1.91. The molecule has 0 aromatic heterocycles. The number of hydrogen-bond acceptors (Lipinski definition) is 3. The van der Waals surface area contributed by atoms with Crippen LogP contribution in [0, 0.1) is 0 Å². The summed E-state index contributed by atoms with van der Waals surface area (Å²) in [6.45, 7) is 7.25. The highest BCUT2D eigenvalue weighted by Crippen LogP contribution is 2.13. The van der Waals surface area contributed by atoms with Gasteiger partial charge in [0.05, 0.1) is 12.1 Å². The van der Waals surface area contributed by atoms with Crippen LogP contribution in [0.1, 0.15) is 50.0 Å². The summed E-state index contributed by atoms with van der Waals surface area (Å²) in [5, 5.41) is 15.0. The standard InChI is InChI=1S/C17H26N2O3/c1-12(2)19-15(20)11-18-16(21)14-7-5-13(6-8-14)9-10-17(3,4)22/h5-8,12,22H,9-11H2,1-4H3,(H,18,21)(H,19,20). The number of carbonyl (C=O) groups is 2. The summed E-state index contributed by atoms with van der Waals surface area (Å²) < 4.78 is 0. The van der Waals surface area contributed by atoms with Crippen molar-refractivity contribution in [2.24, 2.45) is 0 Å². The lowest BCUT2D eigenvalue weighted by molar-refractivity contribution is -0.120. The van der Waals surface area contributed by atoms with Gasteiger partial charge in [0.1, 0.15) is 0 Å². The van der Waals surface area contributed by atoms with E-state index in [9.17, 15) is 14.7 Å². The van der Waals surface area contributed by atoms with Gasteiger partial charge in [-0.05, 0) is 58.2 Å². The Morgan fingerprint density at radius 3 is 2.27 bits per heavy atom. The first kappa shape index (κ1) is 18.2. The summed E-state index contributed by atoms with van der Waals surface area (Å²) in [5.74, 6) is -0.474. The van der Waals surface area contributed by atoms with Gasteiger partial charge in [0.25, 0.3) is 5.91 Å². The molecule has 0 fully saturated rings. The van der Waals surface area contributed by atoms with E-state index in [1.165, 1.54) is 0 Å². The van der Waals surface area contributed by atoms with Gasteiger partial charge < -0.3 is 15.7 Å². The number of aliphatic hydroxyl groups is 1. The van der Waals surface area contributed by atoms with Gasteiger partial charge >= 0.3 is 0 Å². The van der Waals surface area contributed by atoms with Gasteiger partial charge in [0.2, 0.25) is 5.91 Å². The van der Waals surface area contributed by atoms with Crippen molar-refractivity contribution in [1.82, 2.24) is 10.6 Å². The maximum absolute atomic E-state index is 11.9. The highest BCUT2D eigenvalue weighted by Gasteiger charge is 2.13. The number of amides is 2. The van der Waals surface area contributed by atoms with Crippen molar-refractivity contribution in [2.45, 2.75) is 52.2 Å². The molecule has 1 rings (SSSR count). The Balaban J connectivity index is 2.48. The van der Waals surface area contributed by atoms with E-state index in [1.807, 2.05) is 26.0 Å². The molecule has 1 aromatic carbocycles. The molecule has 0 spiro atoms. The Bertz CT molecular complexity index is 502. The summed E-state index contributed by atoms with van der Waals surface area (Å²) >= 11 is 0. The van der Waals surface area contributed by atoms with Crippen molar-refractivity contribution in [2.75, 3.05) is 6.54 Å². The van der Waals surface area contributed by atoms with Crippen LogP contribution in [-0.4, -0.2) is 35.1 Å². The molecule has 0 unspecified atom stereocenters. The molecule has 0 heterocycles. The highest BCUT2D eigenvalue weighted by molar-refractivity contribution is 5.96. The minimum Gasteiger partial charge on any atom is -0.390 e. The van der Waals surface area contributed by atoms with Crippen LogP contribution in [0.2, 0.25) is 0 Å². The van der Waals surface area contributed by atoms with Crippen molar-refractivity contribution >= 4 is 11.8 Å². The minimum absolute atomic E-state index is 0.0303. The van der Waals surface area contributed by atoms with Gasteiger partial charge in [-0.1, -0.05) is 12.1 Å². The molecule has 0 saturated carbocycles. The van der Waals surface area contributed by atoms with E-state index < -0.39 is 5.60 Å². The normalized spacial score (nSPS) is 11.4. The Morgan fingerprint density at radius 1 is 1.18 bits per heavy atom. The molecular weight excluding hydrogens is 280 g/mol. The molecule has 0 aliphatic heterocycles. The van der Waals surface area contributed by atoms with E-state index >= 15 is 0 Å². The first-order valence-corrected chi connectivity index (χ1v) is 7.56. The molecule has 5 nitrogen and oxygen atoms in total. The van der Waals surface area contributed by atoms with E-state index in [0.717, 1.165) is 12.0 Å². The van der Waals surface area contributed by atoms with Crippen molar-refractivity contribution < 1.29 is 14.7 Å². The number of nitrogens with one attached hydrogen (secondary N) is 2. The van der Waals surface area contributed by atoms with Crippen molar-refractivity contribution in [3.05, 3.63) is 35.4 Å². The third-order valence-electron chi connectivity index (χ3n) is 3.10. The molecule has 22 heavy (non-hydrogen) atoms. The molecule has 0 aliphatic rings. The Kier molecular flexibility index (Phi) is 6.56. The van der Waals surface area contributed by atoms with Crippen LogP contribution in [0.15, 0.2) is 24.3 Å². The second-order valence-electron chi connectivity index (χ2n) is 6.41. The molecule has 122 valence electrons. The van der Waals surface area contributed by atoms with Gasteiger partial charge in [-0.2, -0.15) is 0 Å². The SMILES string of the molecule is CC(C)NC(=O)CNC(=O)c1ccc(CCC(C)(C)O)cc1. The lowest BCUT2D eigenvalue weighted by Gasteiger charge is -2.16. The smallest absolute Gasteiger partial charge is 0.251 e. The first-order valence-electron chi connectivity index (χ1n) is 7.56. The van der Waals surface area contributed by atoms with Crippen LogP contribution in [0.3, 0.4) is 0 Å². The topological polar surface area (TPSA) is 78.4 Å². The lowest BCUT2D eigenvalue weighted by Crippen LogP contribution is -2.39. The third kappa shape index (κ3) is 7.22. The van der Waals surface area contributed by atoms with Gasteiger partial charge in [0, 0.05) is 11.6 Å². The van der Waals surface area contributed by atoms with Crippen LogP contribution in [-0.2, 0) is 11.2 Å². The van der Waals surface area contributed by atoms with Gasteiger partial charge in [0.15, 0.2) is 0 Å². The third-order valence-corrected chi connectivity index (χ3v) is 3.10. The molecule has 0 saturated heterocycles. The fraction of sp³-hybridized carbons (Fsp3) is 0.529. The largest absolute Gasteiger partial charge is 0.390 e. The quantitative estimate of drug-likeness (QED) is 0.716. The van der Waals surface area contributed by atoms with E-state index in [4.69, 9.17) is 0 Å². The summed E-state index contributed by atoms with van der Waals surface area (Å²) in [6, 6.07) is 7.26. The summed E-state index contributed by atoms with van der Waals surface area (Å²) in [5.41, 5.74) is 0.889. The molecule has 0 aliphatic carbocycles. The lowest BCUT2D eigenvalue weighted by atomic mass is 9.98. The maximum atomic E-state index is 11.9. The predicted molar refractivity (Wildman–Crippen MR) is 86.7 cm³/mol. The molecule has 0 bridgehead atoms. The van der Waals surface area contributed by atoms with Crippen LogP contribution in [0.5, 0.6) is 0 Å². The average molecular weight is 306 g/mol. The monoisotopic (exact) mass is 306 g/mol. The fourth-order valence-corrected chi connectivity index (χ4v) is 1.91. The second-order valence-corrected chi connectivity index (χ2v) is 6.41. The van der Waals surface area contributed by atoms with Crippen LogP contribution >= 0.6 is 0 Å². The zero-order valence-corrected chi connectivity index (χ0v) is 13.8. The van der Waals surface area contributed by atoms with Gasteiger partial charge in [-0.15, -0.1) is 0 Å². The minimum atomic E-state index is -0.695. The van der Waals surface area contributed by atoms with Crippen molar-refractivity contribution in [3.63, 3.8) is 0 Å². The van der Waals surface area contributed by atoms with Crippen LogP contribution < -0.4 is 10.6 Å². The molecular formula is C17H26N2O3. The van der Waals surface area contributed by atoms with E-state index in [0.29, 0.717) is 12.0 Å². The number of rotatable bonds is 7. The Morgan fingerprint density at radius 2 is 1.77 bits per heavy atom. The van der Waals surface area contributed by atoms with Crippen molar-refractivity contribution in [1.29, 1.82) is 0 Å². The van der Waals surface area contributed by atoms with Gasteiger partial charge in [-0.25, -0.2) is 0 Å². The summed E-state index contributed by atoms with van der Waals surface area (Å²) in [4.78, 5) is 23.4. The number of aryl methyl sites for hydroxylation is 1. The zero-order chi connectivity index (χ0) is 16.8. The van der Waals surface area contributed by atoms with Crippen LogP contribution in [0.25, 0.3) is 0 Å². The zero-order valence-electron chi connectivity index (χ0n) is 13.8. The molecule has 2 amide bonds. The van der Waals surface area contributed by atoms with E-state index in [-0.39, 0.29) is 24.4 Å². The second kappa shape index (κ2) is 7.94. The average Bonchev–Trinajstić information content (AvgIpc) is 2.41. The predicted octanol–water partition coefficient (Wildman–Crippen LogP) is 1.64. The molecule has 1 aromatic rings. The van der Waals surface area contributed by atoms with Gasteiger partial charge in [-0.3, -0.25) is 9.59 Å². The highest BCUT2D eigenvalue weighted by atomic mass is 16.3. The maximum Gasteiger partial charge on any atom is 0.251 e. The van der Waals surface area contributed by atoms with E-state index in [1.54, 1.807) is 26.0 Å². The molecule has 0 atom stereocenters. The van der Waals surface area contributed by atoms with Crippen LogP contribution in [0.4, 0.5) is 0 Å². The number of carbonyl (C=O) groups excluding carboxylic acids is 2. The van der Waals surface area contributed by atoms with E-state index in [2.05, 4.69) is 10.6 Å². The molecule has 0 radical (unpaired) electrons. The number of hydrogen-bond donors (Lipinski definition) is 3. The summed E-state index contributed by atoms with van der Waals surface area (Å²) in [7, 11) is 0. The van der Waals surface area contributed by atoms with Crippen molar-refractivity contribution in [3.8, 4) is 0 Å². The number of benzene rings is 1. The summed E-state index contributed by atoms with van der Waals surface area (Å²) in [6.07, 6.45) is 1.41. The Hall–Kier alpha value is -1.88. The molecule has 3 N–H and O–H groups in total. The Labute approximate surface area is 132 Å². The first-order chi connectivity index (χ1) is 10.2.